The monoisotopic (exact) mass is 485 g/mol. The zero-order chi connectivity index (χ0) is 24.8. The van der Waals surface area contributed by atoms with Gasteiger partial charge in [0.2, 0.25) is 5.91 Å². The van der Waals surface area contributed by atoms with E-state index in [0.29, 0.717) is 34.2 Å². The fourth-order valence-corrected chi connectivity index (χ4v) is 3.74. The molecule has 2 aromatic heterocycles. The molecule has 2 amide bonds. The largest absolute Gasteiger partial charge is 0.322 e. The van der Waals surface area contributed by atoms with E-state index in [2.05, 4.69) is 20.7 Å². The van der Waals surface area contributed by atoms with Gasteiger partial charge >= 0.3 is 0 Å². The average Bonchev–Trinajstić information content (AvgIpc) is 3.12. The van der Waals surface area contributed by atoms with Gasteiger partial charge in [0.1, 0.15) is 5.15 Å². The SMILES string of the molecule is Cc1ccc(Cn2nc(C)c(/C=C/C(=O)Nc3cccc(NC(=O)c4cccnc4)c3)c2Cl)cc1. The van der Waals surface area contributed by atoms with Crippen molar-refractivity contribution in [3.8, 4) is 0 Å². The first-order valence-electron chi connectivity index (χ1n) is 11.0. The third-order valence-electron chi connectivity index (χ3n) is 5.28. The topological polar surface area (TPSA) is 88.9 Å². The first-order chi connectivity index (χ1) is 16.9. The lowest BCUT2D eigenvalue weighted by Gasteiger charge is -2.08. The van der Waals surface area contributed by atoms with E-state index in [1.807, 2.05) is 38.1 Å². The van der Waals surface area contributed by atoms with Crippen molar-refractivity contribution in [1.29, 1.82) is 0 Å². The van der Waals surface area contributed by atoms with Crippen LogP contribution in [-0.2, 0) is 11.3 Å². The van der Waals surface area contributed by atoms with Gasteiger partial charge < -0.3 is 10.6 Å². The number of aryl methyl sites for hydroxylation is 2. The molecule has 35 heavy (non-hydrogen) atoms. The highest BCUT2D eigenvalue weighted by Crippen LogP contribution is 2.23. The summed E-state index contributed by atoms with van der Waals surface area (Å²) in [4.78, 5) is 28.8. The second kappa shape index (κ2) is 10.8. The Bertz CT molecular complexity index is 1380. The average molecular weight is 486 g/mol. The van der Waals surface area contributed by atoms with Gasteiger partial charge in [-0.2, -0.15) is 5.10 Å². The highest BCUT2D eigenvalue weighted by Gasteiger charge is 2.12. The molecule has 0 aliphatic carbocycles. The second-order valence-corrected chi connectivity index (χ2v) is 8.39. The molecule has 0 fully saturated rings. The van der Waals surface area contributed by atoms with Crippen molar-refractivity contribution in [3.63, 3.8) is 0 Å². The molecule has 0 aliphatic heterocycles. The van der Waals surface area contributed by atoms with Gasteiger partial charge in [0.05, 0.1) is 17.8 Å². The van der Waals surface area contributed by atoms with Crippen LogP contribution in [0.15, 0.2) is 79.1 Å². The third kappa shape index (κ3) is 6.22. The number of amides is 2. The maximum absolute atomic E-state index is 12.5. The third-order valence-corrected chi connectivity index (χ3v) is 5.67. The smallest absolute Gasteiger partial charge is 0.257 e. The number of benzene rings is 2. The summed E-state index contributed by atoms with van der Waals surface area (Å²) in [5.41, 5.74) is 5.23. The van der Waals surface area contributed by atoms with Gasteiger partial charge in [0.25, 0.3) is 5.91 Å². The van der Waals surface area contributed by atoms with Crippen molar-refractivity contribution in [2.75, 3.05) is 10.6 Å². The van der Waals surface area contributed by atoms with Crippen LogP contribution in [-0.4, -0.2) is 26.6 Å². The summed E-state index contributed by atoms with van der Waals surface area (Å²) >= 11 is 6.55. The molecule has 2 heterocycles. The first kappa shape index (κ1) is 23.9. The van der Waals surface area contributed by atoms with Crippen molar-refractivity contribution >= 4 is 40.9 Å². The van der Waals surface area contributed by atoms with E-state index in [1.165, 1.54) is 17.8 Å². The molecule has 0 saturated carbocycles. The molecule has 7 nitrogen and oxygen atoms in total. The Hall–Kier alpha value is -4.23. The minimum Gasteiger partial charge on any atom is -0.322 e. The number of anilines is 2. The van der Waals surface area contributed by atoms with Gasteiger partial charge in [0.15, 0.2) is 0 Å². The second-order valence-electron chi connectivity index (χ2n) is 8.03. The number of halogens is 1. The molecule has 0 spiro atoms. The van der Waals surface area contributed by atoms with E-state index < -0.39 is 0 Å². The number of carbonyl (C=O) groups is 2. The minimum atomic E-state index is -0.331. The molecule has 4 aromatic rings. The standard InChI is InChI=1S/C27H24ClN5O2/c1-18-8-10-20(11-9-18)17-33-26(28)24(19(2)32-33)12-13-25(34)30-22-6-3-7-23(15-22)31-27(35)21-5-4-14-29-16-21/h3-16H,17H2,1-2H3,(H,30,34)(H,31,35)/b13-12+. The van der Waals surface area contributed by atoms with Crippen molar-refractivity contribution in [2.45, 2.75) is 20.4 Å². The summed E-state index contributed by atoms with van der Waals surface area (Å²) in [6.07, 6.45) is 6.15. The molecule has 4 rings (SSSR count). The van der Waals surface area contributed by atoms with E-state index in [9.17, 15) is 9.59 Å². The fourth-order valence-electron chi connectivity index (χ4n) is 3.45. The Kier molecular flexibility index (Phi) is 7.38. The Morgan fingerprint density at radius 2 is 1.74 bits per heavy atom. The Labute approximate surface area is 208 Å². The maximum atomic E-state index is 12.5. The molecule has 0 unspecified atom stereocenters. The van der Waals surface area contributed by atoms with Gasteiger partial charge in [-0.15, -0.1) is 0 Å². The van der Waals surface area contributed by atoms with Gasteiger partial charge in [-0.1, -0.05) is 47.5 Å². The summed E-state index contributed by atoms with van der Waals surface area (Å²) in [5.74, 6) is -0.614. The lowest BCUT2D eigenvalue weighted by molar-refractivity contribution is -0.111. The van der Waals surface area contributed by atoms with Crippen LogP contribution in [0.1, 0.15) is 32.7 Å². The van der Waals surface area contributed by atoms with Crippen molar-refractivity contribution in [2.24, 2.45) is 0 Å². The summed E-state index contributed by atoms with van der Waals surface area (Å²) in [7, 11) is 0. The Morgan fingerprint density at radius 3 is 2.46 bits per heavy atom. The highest BCUT2D eigenvalue weighted by atomic mass is 35.5. The number of carbonyl (C=O) groups excluding carboxylic acids is 2. The van der Waals surface area contributed by atoms with Crippen molar-refractivity contribution in [3.05, 3.63) is 112 Å². The van der Waals surface area contributed by atoms with E-state index in [4.69, 9.17) is 11.6 Å². The predicted molar refractivity (Wildman–Crippen MR) is 139 cm³/mol. The molecule has 0 aliphatic rings. The van der Waals surface area contributed by atoms with E-state index in [1.54, 1.807) is 53.4 Å². The van der Waals surface area contributed by atoms with Crippen LogP contribution < -0.4 is 10.6 Å². The molecule has 176 valence electrons. The number of hydrogen-bond acceptors (Lipinski definition) is 4. The zero-order valence-electron chi connectivity index (χ0n) is 19.3. The van der Waals surface area contributed by atoms with E-state index in [0.717, 1.165) is 11.3 Å². The lowest BCUT2D eigenvalue weighted by atomic mass is 10.1. The van der Waals surface area contributed by atoms with Crippen LogP contribution in [0.3, 0.4) is 0 Å². The molecule has 2 aromatic carbocycles. The van der Waals surface area contributed by atoms with Gasteiger partial charge in [-0.3, -0.25) is 14.6 Å². The quantitative estimate of drug-likeness (QED) is 0.338. The summed E-state index contributed by atoms with van der Waals surface area (Å²) in [5, 5.41) is 10.6. The van der Waals surface area contributed by atoms with Crippen LogP contribution >= 0.6 is 11.6 Å². The summed E-state index contributed by atoms with van der Waals surface area (Å²) in [6.45, 7) is 4.43. The number of nitrogens with zero attached hydrogens (tertiary/aromatic N) is 3. The lowest BCUT2D eigenvalue weighted by Crippen LogP contribution is -2.13. The molecule has 0 atom stereocenters. The van der Waals surface area contributed by atoms with Crippen molar-refractivity contribution < 1.29 is 9.59 Å². The first-order valence-corrected chi connectivity index (χ1v) is 11.4. The molecule has 0 radical (unpaired) electrons. The molecular formula is C27H24ClN5O2. The molecule has 0 bridgehead atoms. The zero-order valence-corrected chi connectivity index (χ0v) is 20.1. The number of hydrogen-bond donors (Lipinski definition) is 2. The van der Waals surface area contributed by atoms with Crippen LogP contribution in [0.4, 0.5) is 11.4 Å². The van der Waals surface area contributed by atoms with Crippen LogP contribution in [0, 0.1) is 13.8 Å². The van der Waals surface area contributed by atoms with Gasteiger partial charge in [0, 0.05) is 35.4 Å². The number of nitrogens with one attached hydrogen (secondary N) is 2. The number of rotatable bonds is 7. The minimum absolute atomic E-state index is 0.283. The van der Waals surface area contributed by atoms with E-state index in [-0.39, 0.29) is 11.8 Å². The Balaban J connectivity index is 1.40. The molecule has 8 heteroatoms. The van der Waals surface area contributed by atoms with Crippen LogP contribution in [0.2, 0.25) is 5.15 Å². The fraction of sp³-hybridized carbons (Fsp3) is 0.111. The molecular weight excluding hydrogens is 462 g/mol. The summed E-state index contributed by atoms with van der Waals surface area (Å²) in [6, 6.07) is 18.4. The van der Waals surface area contributed by atoms with Gasteiger partial charge in [-0.25, -0.2) is 4.68 Å². The Morgan fingerprint density at radius 1 is 1.00 bits per heavy atom. The van der Waals surface area contributed by atoms with E-state index >= 15 is 0 Å². The van der Waals surface area contributed by atoms with Gasteiger partial charge in [-0.05, 0) is 55.8 Å². The summed E-state index contributed by atoms with van der Waals surface area (Å²) < 4.78 is 1.72. The number of aromatic nitrogens is 3. The van der Waals surface area contributed by atoms with Crippen LogP contribution in [0.5, 0.6) is 0 Å². The van der Waals surface area contributed by atoms with Crippen molar-refractivity contribution in [1.82, 2.24) is 14.8 Å². The normalized spacial score (nSPS) is 10.9. The highest BCUT2D eigenvalue weighted by molar-refractivity contribution is 6.31. The van der Waals surface area contributed by atoms with Crippen LogP contribution in [0.25, 0.3) is 6.08 Å². The number of pyridine rings is 1. The predicted octanol–water partition coefficient (Wildman–Crippen LogP) is 5.50. The maximum Gasteiger partial charge on any atom is 0.257 e. The molecule has 0 saturated heterocycles. The molecule has 2 N–H and O–H groups in total.